The Kier molecular flexibility index (Phi) is 7.38. The molecule has 2 aromatic rings. The van der Waals surface area contributed by atoms with E-state index in [2.05, 4.69) is 15.0 Å². The molecule has 0 bridgehead atoms. The number of aryl methyl sites for hydroxylation is 1. The topological polar surface area (TPSA) is 169 Å². The predicted octanol–water partition coefficient (Wildman–Crippen LogP) is -0.816. The van der Waals surface area contributed by atoms with Crippen molar-refractivity contribution < 1.29 is 29.6 Å². The summed E-state index contributed by atoms with van der Waals surface area (Å²) in [4.78, 5) is 25.7. The lowest BCUT2D eigenvalue weighted by Crippen LogP contribution is -2.39. The van der Waals surface area contributed by atoms with Crippen molar-refractivity contribution in [2.24, 2.45) is 0 Å². The van der Waals surface area contributed by atoms with Crippen LogP contribution in [0.2, 0.25) is 0 Å². The minimum absolute atomic E-state index is 0.0270. The summed E-state index contributed by atoms with van der Waals surface area (Å²) in [6, 6.07) is 0. The van der Waals surface area contributed by atoms with Gasteiger partial charge in [0, 0.05) is 19.4 Å². The van der Waals surface area contributed by atoms with Crippen molar-refractivity contribution in [3.05, 3.63) is 12.2 Å². The molecule has 5 N–H and O–H groups in total. The fraction of sp³-hybridized carbons (Fsp3) is 0.684. The van der Waals surface area contributed by atoms with Gasteiger partial charge in [-0.15, -0.1) is 0 Å². The summed E-state index contributed by atoms with van der Waals surface area (Å²) in [6.45, 7) is 4.19. The van der Waals surface area contributed by atoms with Crippen molar-refractivity contribution in [2.45, 2.75) is 63.9 Å². The molecular formula is C19H30N6O6. The van der Waals surface area contributed by atoms with E-state index in [-0.39, 0.29) is 31.2 Å². The third-order valence-corrected chi connectivity index (χ3v) is 5.41. The van der Waals surface area contributed by atoms with Gasteiger partial charge in [-0.1, -0.05) is 6.92 Å². The molecule has 31 heavy (non-hydrogen) atoms. The fourth-order valence-corrected chi connectivity index (χ4v) is 3.66. The molecular weight excluding hydrogens is 408 g/mol. The van der Waals surface area contributed by atoms with Gasteiger partial charge in [-0.2, -0.15) is 0 Å². The third kappa shape index (κ3) is 4.77. The van der Waals surface area contributed by atoms with E-state index in [1.165, 1.54) is 6.33 Å². The first kappa shape index (κ1) is 23.3. The number of aliphatic hydroxyl groups excluding tert-OH is 3. The maximum atomic E-state index is 11.5. The summed E-state index contributed by atoms with van der Waals surface area (Å²) >= 11 is 0. The average Bonchev–Trinajstić information content (AvgIpc) is 3.25. The Morgan fingerprint density at radius 1 is 1.35 bits per heavy atom. The molecule has 172 valence electrons. The zero-order valence-electron chi connectivity index (χ0n) is 17.9. The van der Waals surface area contributed by atoms with Crippen LogP contribution in [0, 0.1) is 0 Å². The number of carbonyl (C=O) groups is 1. The van der Waals surface area contributed by atoms with Crippen molar-refractivity contribution in [2.75, 3.05) is 25.9 Å². The number of carbonyl (C=O) groups excluding carboxylic acids is 1. The monoisotopic (exact) mass is 438 g/mol. The lowest BCUT2D eigenvalue weighted by atomic mass is 10.1. The Morgan fingerprint density at radius 3 is 2.77 bits per heavy atom. The van der Waals surface area contributed by atoms with Gasteiger partial charge < -0.3 is 30.5 Å². The molecule has 0 radical (unpaired) electrons. The summed E-state index contributed by atoms with van der Waals surface area (Å²) in [5, 5.41) is 31.7. The number of hydrogen-bond acceptors (Lipinski definition) is 11. The van der Waals surface area contributed by atoms with Crippen LogP contribution < -0.4 is 5.73 Å². The molecule has 0 spiro atoms. The molecule has 5 atom stereocenters. The smallest absolute Gasteiger partial charge is 0.307 e. The van der Waals surface area contributed by atoms with E-state index in [0.717, 1.165) is 0 Å². The Labute approximate surface area is 179 Å². The number of hydrogen-bond donors (Lipinski definition) is 4. The number of rotatable bonds is 9. The van der Waals surface area contributed by atoms with Gasteiger partial charge in [0.15, 0.2) is 23.2 Å². The lowest BCUT2D eigenvalue weighted by molar-refractivity contribution is -0.144. The number of nitrogens with two attached hydrogens (primary N) is 1. The second-order valence-corrected chi connectivity index (χ2v) is 7.48. The van der Waals surface area contributed by atoms with Crippen molar-refractivity contribution in [1.29, 1.82) is 0 Å². The molecule has 0 aliphatic carbocycles. The van der Waals surface area contributed by atoms with Crippen LogP contribution in [0.1, 0.15) is 38.7 Å². The van der Waals surface area contributed by atoms with Crippen molar-refractivity contribution >= 4 is 23.0 Å². The normalized spacial score (nSPS) is 24.7. The van der Waals surface area contributed by atoms with Crippen LogP contribution in [0.25, 0.3) is 11.2 Å². The van der Waals surface area contributed by atoms with Gasteiger partial charge in [-0.25, -0.2) is 15.0 Å². The SMILES string of the molecule is CCOC(=O)CCN(C)C(O)CC1O[C@@H](n2c(CC)nc3c(N)ncnc32)[C@H](O)[C@@H]1O. The maximum Gasteiger partial charge on any atom is 0.307 e. The van der Waals surface area contributed by atoms with Crippen LogP contribution in [-0.4, -0.2) is 90.4 Å². The largest absolute Gasteiger partial charge is 0.466 e. The van der Waals surface area contributed by atoms with Gasteiger partial charge in [0.05, 0.1) is 19.1 Å². The fourth-order valence-electron chi connectivity index (χ4n) is 3.66. The van der Waals surface area contributed by atoms with Gasteiger partial charge >= 0.3 is 5.97 Å². The van der Waals surface area contributed by atoms with Gasteiger partial charge in [0.25, 0.3) is 0 Å². The van der Waals surface area contributed by atoms with E-state index in [0.29, 0.717) is 30.0 Å². The number of esters is 1. The highest BCUT2D eigenvalue weighted by molar-refractivity contribution is 5.81. The average molecular weight is 438 g/mol. The molecule has 12 nitrogen and oxygen atoms in total. The van der Waals surface area contributed by atoms with Crippen LogP contribution in [0.4, 0.5) is 5.82 Å². The molecule has 3 rings (SSSR count). The summed E-state index contributed by atoms with van der Waals surface area (Å²) in [5.74, 6) is 0.433. The number of ether oxygens (including phenoxy) is 2. The third-order valence-electron chi connectivity index (χ3n) is 5.41. The first-order valence-corrected chi connectivity index (χ1v) is 10.3. The van der Waals surface area contributed by atoms with E-state index >= 15 is 0 Å². The van der Waals surface area contributed by atoms with Crippen molar-refractivity contribution in [1.82, 2.24) is 24.4 Å². The number of aromatic nitrogens is 4. The molecule has 1 fully saturated rings. The summed E-state index contributed by atoms with van der Waals surface area (Å²) < 4.78 is 12.4. The minimum atomic E-state index is -1.26. The molecule has 0 amide bonds. The zero-order valence-corrected chi connectivity index (χ0v) is 17.9. The molecule has 1 aliphatic heterocycles. The zero-order chi connectivity index (χ0) is 22.7. The van der Waals surface area contributed by atoms with E-state index in [4.69, 9.17) is 15.2 Å². The Balaban J connectivity index is 1.73. The first-order chi connectivity index (χ1) is 14.8. The van der Waals surface area contributed by atoms with E-state index in [9.17, 15) is 20.1 Å². The van der Waals surface area contributed by atoms with Crippen LogP contribution in [0.5, 0.6) is 0 Å². The van der Waals surface area contributed by atoms with E-state index < -0.39 is 30.8 Å². The van der Waals surface area contributed by atoms with Gasteiger partial charge in [0.2, 0.25) is 0 Å². The second-order valence-electron chi connectivity index (χ2n) is 7.48. The van der Waals surface area contributed by atoms with E-state index in [1.54, 1.807) is 23.4 Å². The van der Waals surface area contributed by atoms with Crippen LogP contribution >= 0.6 is 0 Å². The standard InChI is InChI=1S/C19H30N6O6/c1-4-11-23-14-17(20)21-9-22-18(14)25(11)19-16(29)15(28)10(31-19)8-12(26)24(3)7-6-13(27)30-5-2/h9-10,12,15-16,19,26,28-29H,4-8H2,1-3H3,(H2,20,21,22)/t10?,12?,15-,16-,19-/m1/s1. The summed E-state index contributed by atoms with van der Waals surface area (Å²) in [7, 11) is 1.65. The number of aliphatic hydroxyl groups is 3. The molecule has 0 aromatic carbocycles. The number of anilines is 1. The highest BCUT2D eigenvalue weighted by Gasteiger charge is 2.46. The number of nitrogens with zero attached hydrogens (tertiary/aromatic N) is 5. The molecule has 0 saturated carbocycles. The quantitative estimate of drug-likeness (QED) is 0.285. The maximum absolute atomic E-state index is 11.5. The highest BCUT2D eigenvalue weighted by atomic mass is 16.6. The molecule has 2 unspecified atom stereocenters. The van der Waals surface area contributed by atoms with Crippen LogP contribution in [0.15, 0.2) is 6.33 Å². The molecule has 3 heterocycles. The van der Waals surface area contributed by atoms with Crippen molar-refractivity contribution in [3.63, 3.8) is 0 Å². The van der Waals surface area contributed by atoms with Gasteiger partial charge in [-0.3, -0.25) is 14.3 Å². The number of imidazole rings is 1. The molecule has 2 aromatic heterocycles. The Hall–Kier alpha value is -2.38. The Bertz CT molecular complexity index is 907. The molecule has 1 saturated heterocycles. The van der Waals surface area contributed by atoms with Gasteiger partial charge in [0.1, 0.15) is 30.6 Å². The van der Waals surface area contributed by atoms with E-state index in [1.807, 2.05) is 6.92 Å². The summed E-state index contributed by atoms with van der Waals surface area (Å²) in [5.41, 5.74) is 6.69. The number of fused-ring (bicyclic) bond motifs is 1. The number of nitrogen functional groups attached to an aromatic ring is 1. The highest BCUT2D eigenvalue weighted by Crippen LogP contribution is 2.35. The minimum Gasteiger partial charge on any atom is -0.466 e. The lowest BCUT2D eigenvalue weighted by Gasteiger charge is -2.26. The summed E-state index contributed by atoms with van der Waals surface area (Å²) in [6.07, 6.45) is -3.33. The van der Waals surface area contributed by atoms with Crippen molar-refractivity contribution in [3.8, 4) is 0 Å². The predicted molar refractivity (Wildman–Crippen MR) is 110 cm³/mol. The van der Waals surface area contributed by atoms with Crippen LogP contribution in [0.3, 0.4) is 0 Å². The van der Waals surface area contributed by atoms with Gasteiger partial charge in [-0.05, 0) is 14.0 Å². The first-order valence-electron chi connectivity index (χ1n) is 10.3. The molecule has 1 aliphatic rings. The molecule has 12 heteroatoms. The Morgan fingerprint density at radius 2 is 2.10 bits per heavy atom. The van der Waals surface area contributed by atoms with Crippen LogP contribution in [-0.2, 0) is 20.7 Å². The second kappa shape index (κ2) is 9.83.